The van der Waals surface area contributed by atoms with Crippen molar-refractivity contribution < 1.29 is 29.7 Å². The summed E-state index contributed by atoms with van der Waals surface area (Å²) in [4.78, 5) is 15.4. The molecule has 0 saturated carbocycles. The average Bonchev–Trinajstić information content (AvgIpc) is 2.24. The van der Waals surface area contributed by atoms with Gasteiger partial charge in [-0.1, -0.05) is 0 Å². The van der Waals surface area contributed by atoms with Crippen molar-refractivity contribution in [1.82, 2.24) is 10.8 Å². The Bertz CT molecular complexity index is 226. The van der Waals surface area contributed by atoms with E-state index in [1.165, 1.54) is 7.05 Å². The fraction of sp³-hybridized carbons (Fsp3) is 0.857. The molecule has 88 valence electrons. The molecule has 1 aliphatic rings. The summed E-state index contributed by atoms with van der Waals surface area (Å²) in [7, 11) is 1.38. The summed E-state index contributed by atoms with van der Waals surface area (Å²) in [5.74, 6) is 0. The van der Waals surface area contributed by atoms with E-state index >= 15 is 0 Å². The van der Waals surface area contributed by atoms with Crippen LogP contribution >= 0.6 is 0 Å². The predicted octanol–water partition coefficient (Wildman–Crippen LogP) is -2.71. The number of aliphatic hydroxyl groups is 3. The molecule has 4 atom stereocenters. The first-order valence-corrected chi connectivity index (χ1v) is 4.35. The maximum Gasteiger partial charge on any atom is 0.338 e. The number of hydroxylamine groups is 1. The van der Waals surface area contributed by atoms with Gasteiger partial charge in [0.25, 0.3) is 0 Å². The van der Waals surface area contributed by atoms with Crippen LogP contribution in [0.5, 0.6) is 0 Å². The SMILES string of the molecule is CNC(=O)NOC1OC[C@@H](O)[C@H](O)[C@H]1O. The number of rotatable bonds is 2. The molecule has 1 saturated heterocycles. The van der Waals surface area contributed by atoms with Gasteiger partial charge in [0.2, 0.25) is 6.29 Å². The molecule has 0 spiro atoms. The van der Waals surface area contributed by atoms with Crippen LogP contribution in [0.3, 0.4) is 0 Å². The molecule has 2 amide bonds. The van der Waals surface area contributed by atoms with Gasteiger partial charge in [-0.3, -0.25) is 0 Å². The van der Waals surface area contributed by atoms with Crippen molar-refractivity contribution in [2.75, 3.05) is 13.7 Å². The molecule has 1 heterocycles. The van der Waals surface area contributed by atoms with Gasteiger partial charge in [-0.2, -0.15) is 0 Å². The van der Waals surface area contributed by atoms with Crippen LogP contribution in [0.4, 0.5) is 4.79 Å². The molecule has 0 radical (unpaired) electrons. The van der Waals surface area contributed by atoms with E-state index in [1.54, 1.807) is 0 Å². The zero-order chi connectivity index (χ0) is 11.4. The van der Waals surface area contributed by atoms with Crippen LogP contribution in [-0.4, -0.2) is 59.6 Å². The van der Waals surface area contributed by atoms with Gasteiger partial charge in [-0.25, -0.2) is 15.1 Å². The molecule has 1 fully saturated rings. The predicted molar refractivity (Wildman–Crippen MR) is 46.4 cm³/mol. The average molecular weight is 222 g/mol. The van der Waals surface area contributed by atoms with Crippen molar-refractivity contribution in [3.8, 4) is 0 Å². The van der Waals surface area contributed by atoms with Crippen molar-refractivity contribution in [3.63, 3.8) is 0 Å². The van der Waals surface area contributed by atoms with E-state index in [4.69, 9.17) is 9.84 Å². The number of urea groups is 1. The Morgan fingerprint density at radius 3 is 2.67 bits per heavy atom. The second kappa shape index (κ2) is 5.24. The van der Waals surface area contributed by atoms with Crippen molar-refractivity contribution >= 4 is 6.03 Å². The van der Waals surface area contributed by atoms with E-state index in [0.29, 0.717) is 0 Å². The molecule has 0 aromatic rings. The Morgan fingerprint density at radius 1 is 1.40 bits per heavy atom. The van der Waals surface area contributed by atoms with Gasteiger partial charge in [0.15, 0.2) is 0 Å². The summed E-state index contributed by atoms with van der Waals surface area (Å²) in [5, 5.41) is 29.9. The first kappa shape index (κ1) is 12.1. The first-order valence-electron chi connectivity index (χ1n) is 4.35. The van der Waals surface area contributed by atoms with E-state index in [-0.39, 0.29) is 6.61 Å². The maximum absolute atomic E-state index is 10.7. The highest BCUT2D eigenvalue weighted by Crippen LogP contribution is 2.15. The van der Waals surface area contributed by atoms with Crippen LogP contribution in [-0.2, 0) is 9.57 Å². The molecule has 0 bridgehead atoms. The largest absolute Gasteiger partial charge is 0.388 e. The highest BCUT2D eigenvalue weighted by Gasteiger charge is 2.38. The van der Waals surface area contributed by atoms with E-state index in [1.807, 2.05) is 5.48 Å². The second-order valence-electron chi connectivity index (χ2n) is 3.05. The molecule has 1 rings (SSSR count). The fourth-order valence-corrected chi connectivity index (χ4v) is 1.05. The Hall–Kier alpha value is -0.930. The normalized spacial score (nSPS) is 36.0. The minimum Gasteiger partial charge on any atom is -0.388 e. The van der Waals surface area contributed by atoms with Crippen LogP contribution < -0.4 is 10.8 Å². The van der Waals surface area contributed by atoms with E-state index < -0.39 is 30.6 Å². The van der Waals surface area contributed by atoms with Gasteiger partial charge >= 0.3 is 6.03 Å². The summed E-state index contributed by atoms with van der Waals surface area (Å²) >= 11 is 0. The minimum absolute atomic E-state index is 0.182. The number of ether oxygens (including phenoxy) is 1. The summed E-state index contributed by atoms with van der Waals surface area (Å²) < 4.78 is 4.84. The topological polar surface area (TPSA) is 120 Å². The number of carbonyl (C=O) groups is 1. The quantitative estimate of drug-likeness (QED) is 0.324. The molecule has 0 aromatic carbocycles. The molecule has 0 aromatic heterocycles. The number of nitrogens with one attached hydrogen (secondary N) is 2. The van der Waals surface area contributed by atoms with Crippen molar-refractivity contribution in [2.45, 2.75) is 24.6 Å². The molecule has 1 aliphatic heterocycles. The van der Waals surface area contributed by atoms with Crippen LogP contribution in [0.1, 0.15) is 0 Å². The zero-order valence-electron chi connectivity index (χ0n) is 8.08. The Morgan fingerprint density at radius 2 is 2.07 bits per heavy atom. The third kappa shape index (κ3) is 3.01. The highest BCUT2D eigenvalue weighted by atomic mass is 16.8. The van der Waals surface area contributed by atoms with Crippen molar-refractivity contribution in [3.05, 3.63) is 0 Å². The van der Waals surface area contributed by atoms with E-state index in [9.17, 15) is 15.0 Å². The summed E-state index contributed by atoms with van der Waals surface area (Å²) in [5.41, 5.74) is 1.94. The molecule has 15 heavy (non-hydrogen) atoms. The Balaban J connectivity index is 2.39. The van der Waals surface area contributed by atoms with Gasteiger partial charge in [0, 0.05) is 7.05 Å². The molecule has 0 aliphatic carbocycles. The lowest BCUT2D eigenvalue weighted by Crippen LogP contribution is -2.55. The molecule has 8 heteroatoms. The summed E-state index contributed by atoms with van der Waals surface area (Å²) in [6.07, 6.45) is -5.17. The monoisotopic (exact) mass is 222 g/mol. The van der Waals surface area contributed by atoms with Crippen molar-refractivity contribution in [2.24, 2.45) is 0 Å². The molecule has 5 N–H and O–H groups in total. The van der Waals surface area contributed by atoms with Gasteiger partial charge in [-0.15, -0.1) is 0 Å². The van der Waals surface area contributed by atoms with Crippen LogP contribution in [0.25, 0.3) is 0 Å². The van der Waals surface area contributed by atoms with E-state index in [2.05, 4.69) is 10.2 Å². The van der Waals surface area contributed by atoms with Gasteiger partial charge < -0.3 is 25.4 Å². The number of hydrogen-bond acceptors (Lipinski definition) is 6. The van der Waals surface area contributed by atoms with Crippen molar-refractivity contribution in [1.29, 1.82) is 0 Å². The second-order valence-corrected chi connectivity index (χ2v) is 3.05. The minimum atomic E-state index is -1.43. The number of carbonyl (C=O) groups excluding carboxylic acids is 1. The van der Waals surface area contributed by atoms with Gasteiger partial charge in [-0.05, 0) is 0 Å². The van der Waals surface area contributed by atoms with E-state index in [0.717, 1.165) is 0 Å². The number of aliphatic hydroxyl groups excluding tert-OH is 3. The van der Waals surface area contributed by atoms with Gasteiger partial charge in [0.1, 0.15) is 18.3 Å². The number of hydrogen-bond donors (Lipinski definition) is 5. The third-order valence-corrected chi connectivity index (χ3v) is 1.95. The zero-order valence-corrected chi connectivity index (χ0v) is 8.08. The fourth-order valence-electron chi connectivity index (χ4n) is 1.05. The maximum atomic E-state index is 10.7. The van der Waals surface area contributed by atoms with Crippen LogP contribution in [0.2, 0.25) is 0 Å². The standard InChI is InChI=1S/C7H14N2O6/c1-8-7(13)9-15-6-5(12)4(11)3(10)2-14-6/h3-6,10-12H,2H2,1H3,(H2,8,9,13)/t3-,4+,5-,6?/m1/s1. The van der Waals surface area contributed by atoms with Crippen LogP contribution in [0.15, 0.2) is 0 Å². The first-order chi connectivity index (χ1) is 7.06. The lowest BCUT2D eigenvalue weighted by molar-refractivity contribution is -0.282. The molecular formula is C7H14N2O6. The Labute approximate surface area is 85.7 Å². The number of amides is 2. The molecular weight excluding hydrogens is 208 g/mol. The lowest BCUT2D eigenvalue weighted by atomic mass is 10.1. The van der Waals surface area contributed by atoms with Gasteiger partial charge in [0.05, 0.1) is 6.61 Å². The smallest absolute Gasteiger partial charge is 0.338 e. The van der Waals surface area contributed by atoms with Crippen LogP contribution in [0, 0.1) is 0 Å². The summed E-state index contributed by atoms with van der Waals surface area (Å²) in [6, 6.07) is -0.619. The molecule has 8 nitrogen and oxygen atoms in total. The highest BCUT2D eigenvalue weighted by molar-refractivity contribution is 5.72. The Kier molecular flexibility index (Phi) is 4.24. The lowest BCUT2D eigenvalue weighted by Gasteiger charge is -2.34. The third-order valence-electron chi connectivity index (χ3n) is 1.95. The molecule has 1 unspecified atom stereocenters. The summed E-state index contributed by atoms with van der Waals surface area (Å²) in [6.45, 7) is -0.182.